The molecule has 1 saturated carbocycles. The topological polar surface area (TPSA) is 81.0 Å². The summed E-state index contributed by atoms with van der Waals surface area (Å²) < 4.78 is 4.97. The van der Waals surface area contributed by atoms with Crippen LogP contribution in [0.5, 0.6) is 0 Å². The molecule has 0 radical (unpaired) electrons. The van der Waals surface area contributed by atoms with E-state index in [1.165, 1.54) is 12.8 Å². The van der Waals surface area contributed by atoms with Crippen LogP contribution in [0.25, 0.3) is 11.0 Å². The molecule has 0 aliphatic heterocycles. The van der Waals surface area contributed by atoms with Gasteiger partial charge in [0.1, 0.15) is 5.82 Å². The highest BCUT2D eigenvalue weighted by molar-refractivity contribution is 5.76. The number of hydrogen-bond donors (Lipinski definition) is 2. The lowest BCUT2D eigenvalue weighted by atomic mass is 10.1. The van der Waals surface area contributed by atoms with Crippen molar-refractivity contribution in [3.05, 3.63) is 29.6 Å². The van der Waals surface area contributed by atoms with Crippen molar-refractivity contribution in [3.8, 4) is 0 Å². The second kappa shape index (κ2) is 5.01. The maximum Gasteiger partial charge on any atom is 0.319 e. The van der Waals surface area contributed by atoms with E-state index in [2.05, 4.69) is 16.0 Å². The third kappa shape index (κ3) is 2.76. The Morgan fingerprint density at radius 1 is 1.47 bits per heavy atom. The van der Waals surface area contributed by atoms with Gasteiger partial charge in [0.05, 0.1) is 24.2 Å². The number of nitrogens with two attached hydrogens (primary N) is 1. The van der Waals surface area contributed by atoms with Crippen molar-refractivity contribution in [1.82, 2.24) is 9.97 Å². The molecule has 1 aliphatic rings. The average molecular weight is 259 g/mol. The van der Waals surface area contributed by atoms with Gasteiger partial charge in [0, 0.05) is 12.3 Å². The van der Waals surface area contributed by atoms with Gasteiger partial charge in [0.15, 0.2) is 0 Å². The number of aromatic nitrogens is 2. The molecule has 100 valence electrons. The molecule has 0 unspecified atom stereocenters. The van der Waals surface area contributed by atoms with Gasteiger partial charge in [0.2, 0.25) is 0 Å². The van der Waals surface area contributed by atoms with Crippen LogP contribution in [0.3, 0.4) is 0 Å². The summed E-state index contributed by atoms with van der Waals surface area (Å²) in [5, 5.41) is 0. The van der Waals surface area contributed by atoms with Gasteiger partial charge >= 0.3 is 5.97 Å². The number of carbonyl (C=O) groups is 1. The minimum Gasteiger partial charge on any atom is -0.464 e. The first-order valence-corrected chi connectivity index (χ1v) is 6.60. The maximum atomic E-state index is 10.9. The van der Waals surface area contributed by atoms with E-state index in [4.69, 9.17) is 10.5 Å². The van der Waals surface area contributed by atoms with Crippen LogP contribution < -0.4 is 5.73 Å². The fourth-order valence-electron chi connectivity index (χ4n) is 2.12. The fraction of sp³-hybridized carbons (Fsp3) is 0.429. The minimum absolute atomic E-state index is 0.0651. The molecule has 5 nitrogen and oxygen atoms in total. The number of H-pyrrole nitrogens is 1. The Morgan fingerprint density at radius 2 is 2.32 bits per heavy atom. The lowest BCUT2D eigenvalue weighted by molar-refractivity contribution is -0.141. The van der Waals surface area contributed by atoms with Crippen LogP contribution in [-0.4, -0.2) is 29.1 Å². The Balaban J connectivity index is 1.68. The van der Waals surface area contributed by atoms with Gasteiger partial charge < -0.3 is 15.5 Å². The number of nitrogens with one attached hydrogen (secondary N) is 1. The van der Waals surface area contributed by atoms with Crippen molar-refractivity contribution in [1.29, 1.82) is 0 Å². The normalized spacial score (nSPS) is 14.8. The molecule has 3 rings (SSSR count). The van der Waals surface area contributed by atoms with E-state index >= 15 is 0 Å². The minimum atomic E-state index is -0.362. The Hall–Kier alpha value is -1.88. The monoisotopic (exact) mass is 259 g/mol. The highest BCUT2D eigenvalue weighted by atomic mass is 16.5. The number of carbonyl (C=O) groups excluding carboxylic acids is 1. The zero-order chi connectivity index (χ0) is 13.2. The number of rotatable bonds is 5. The molecule has 1 fully saturated rings. The first-order valence-electron chi connectivity index (χ1n) is 6.60. The van der Waals surface area contributed by atoms with Crippen molar-refractivity contribution in [2.75, 3.05) is 13.2 Å². The number of aromatic amines is 1. The maximum absolute atomic E-state index is 10.9. The molecule has 1 aliphatic carbocycles. The van der Waals surface area contributed by atoms with E-state index < -0.39 is 0 Å². The summed E-state index contributed by atoms with van der Waals surface area (Å²) in [6.07, 6.45) is 3.17. The van der Waals surface area contributed by atoms with Crippen LogP contribution in [0.2, 0.25) is 0 Å². The van der Waals surface area contributed by atoms with Gasteiger partial charge in [-0.25, -0.2) is 4.98 Å². The summed E-state index contributed by atoms with van der Waals surface area (Å²) in [6.45, 7) is 0.301. The molecule has 0 atom stereocenters. The Bertz CT molecular complexity index is 602. The number of imidazole rings is 1. The molecule has 0 bridgehead atoms. The van der Waals surface area contributed by atoms with Crippen LogP contribution in [0.4, 0.5) is 0 Å². The number of esters is 1. The second-order valence-corrected chi connectivity index (χ2v) is 4.92. The molecule has 0 saturated heterocycles. The largest absolute Gasteiger partial charge is 0.464 e. The third-order valence-corrected chi connectivity index (χ3v) is 3.35. The van der Waals surface area contributed by atoms with Crippen molar-refractivity contribution in [2.45, 2.75) is 25.2 Å². The first kappa shape index (κ1) is 12.2. The zero-order valence-electron chi connectivity index (χ0n) is 10.7. The van der Waals surface area contributed by atoms with E-state index in [1.54, 1.807) is 0 Å². The molecule has 19 heavy (non-hydrogen) atoms. The van der Waals surface area contributed by atoms with Crippen molar-refractivity contribution in [3.63, 3.8) is 0 Å². The Morgan fingerprint density at radius 3 is 3.05 bits per heavy atom. The zero-order valence-corrected chi connectivity index (χ0v) is 10.7. The highest BCUT2D eigenvalue weighted by Crippen LogP contribution is 2.39. The predicted molar refractivity (Wildman–Crippen MR) is 71.8 cm³/mol. The van der Waals surface area contributed by atoms with Gasteiger partial charge in [-0.05, 0) is 30.5 Å². The molecule has 1 aromatic carbocycles. The molecule has 1 heterocycles. The molecule has 3 N–H and O–H groups in total. The number of hydrogen-bond acceptors (Lipinski definition) is 4. The first-order chi connectivity index (χ1) is 9.26. The summed E-state index contributed by atoms with van der Waals surface area (Å²) in [5.74, 6) is 1.36. The number of fused-ring (bicyclic) bond motifs is 1. The second-order valence-electron chi connectivity index (χ2n) is 4.92. The van der Waals surface area contributed by atoms with Gasteiger partial charge in [-0.15, -0.1) is 0 Å². The van der Waals surface area contributed by atoms with E-state index in [1.807, 2.05) is 12.1 Å². The Kier molecular flexibility index (Phi) is 3.21. The molecule has 0 spiro atoms. The van der Waals surface area contributed by atoms with Gasteiger partial charge in [-0.2, -0.15) is 0 Å². The number of benzene rings is 1. The van der Waals surface area contributed by atoms with Gasteiger partial charge in [-0.1, -0.05) is 6.07 Å². The predicted octanol–water partition coefficient (Wildman–Crippen LogP) is 1.48. The lowest BCUT2D eigenvalue weighted by Gasteiger charge is -2.03. The van der Waals surface area contributed by atoms with Crippen molar-refractivity contribution in [2.24, 2.45) is 5.73 Å². The quantitative estimate of drug-likeness (QED) is 0.797. The molecular formula is C14H17N3O2. The number of nitrogens with zero attached hydrogens (tertiary/aromatic N) is 1. The SMILES string of the molecule is NCC(=O)OCCc1ccc2nc(C3CC3)[nH]c2c1. The summed E-state index contributed by atoms with van der Waals surface area (Å²) >= 11 is 0. The third-order valence-electron chi connectivity index (χ3n) is 3.35. The molecule has 0 amide bonds. The summed E-state index contributed by atoms with van der Waals surface area (Å²) in [5.41, 5.74) is 8.37. The van der Waals surface area contributed by atoms with Crippen molar-refractivity contribution < 1.29 is 9.53 Å². The van der Waals surface area contributed by atoms with E-state index in [0.29, 0.717) is 18.9 Å². The fourth-order valence-corrected chi connectivity index (χ4v) is 2.12. The van der Waals surface area contributed by atoms with Crippen LogP contribution >= 0.6 is 0 Å². The highest BCUT2D eigenvalue weighted by Gasteiger charge is 2.26. The van der Waals surface area contributed by atoms with E-state index in [0.717, 1.165) is 22.4 Å². The van der Waals surface area contributed by atoms with Gasteiger partial charge in [0.25, 0.3) is 0 Å². The standard InChI is InChI=1S/C14H17N3O2/c15-8-13(18)19-6-5-9-1-4-11-12(7-9)17-14(16-11)10-2-3-10/h1,4,7,10H,2-3,5-6,8,15H2,(H,16,17). The summed E-state index contributed by atoms with van der Waals surface area (Å²) in [4.78, 5) is 18.9. The molecular weight excluding hydrogens is 242 g/mol. The summed E-state index contributed by atoms with van der Waals surface area (Å²) in [6, 6.07) is 6.11. The van der Waals surface area contributed by atoms with Crippen LogP contribution in [-0.2, 0) is 16.0 Å². The average Bonchev–Trinajstić information content (AvgIpc) is 3.18. The molecule has 5 heteroatoms. The smallest absolute Gasteiger partial charge is 0.319 e. The van der Waals surface area contributed by atoms with E-state index in [9.17, 15) is 4.79 Å². The van der Waals surface area contributed by atoms with E-state index in [-0.39, 0.29) is 12.5 Å². The van der Waals surface area contributed by atoms with Crippen LogP contribution in [0.15, 0.2) is 18.2 Å². The van der Waals surface area contributed by atoms with Crippen molar-refractivity contribution >= 4 is 17.0 Å². The van der Waals surface area contributed by atoms with Gasteiger partial charge in [-0.3, -0.25) is 4.79 Å². The van der Waals surface area contributed by atoms with Crippen LogP contribution in [0.1, 0.15) is 30.1 Å². The summed E-state index contributed by atoms with van der Waals surface area (Å²) in [7, 11) is 0. The van der Waals surface area contributed by atoms with Crippen LogP contribution in [0, 0.1) is 0 Å². The Labute approximate surface area is 111 Å². The molecule has 1 aromatic heterocycles. The lowest BCUT2D eigenvalue weighted by Crippen LogP contribution is -2.17. The number of ether oxygens (including phenoxy) is 1. The molecule has 2 aromatic rings.